The fourth-order valence-electron chi connectivity index (χ4n) is 1.04. The fourth-order valence-corrected chi connectivity index (χ4v) is 1.81. The Morgan fingerprint density at radius 2 is 2.31 bits per heavy atom. The van der Waals surface area contributed by atoms with Gasteiger partial charge in [0, 0.05) is 13.2 Å². The molecule has 0 fully saturated rings. The third-order valence-electron chi connectivity index (χ3n) is 1.67. The zero-order chi connectivity index (χ0) is 12.1. The van der Waals surface area contributed by atoms with Crippen LogP contribution in [-0.2, 0) is 4.74 Å². The highest BCUT2D eigenvalue weighted by molar-refractivity contribution is 14.1. The van der Waals surface area contributed by atoms with E-state index in [-0.39, 0.29) is 23.8 Å². The lowest BCUT2D eigenvalue weighted by molar-refractivity contribution is -0.386. The van der Waals surface area contributed by atoms with Crippen LogP contribution in [0.2, 0.25) is 0 Å². The quantitative estimate of drug-likeness (QED) is 0.364. The summed E-state index contributed by atoms with van der Waals surface area (Å²) in [7, 11) is 1.42. The maximum absolute atomic E-state index is 10.8. The molecule has 16 heavy (non-hydrogen) atoms. The van der Waals surface area contributed by atoms with Crippen molar-refractivity contribution in [1.82, 2.24) is 0 Å². The Labute approximate surface area is 105 Å². The van der Waals surface area contributed by atoms with Gasteiger partial charge in [0.15, 0.2) is 6.79 Å². The topological polar surface area (TPSA) is 85.4 Å². The number of methoxy groups -OCH3 is 1. The lowest BCUT2D eigenvalue weighted by Crippen LogP contribution is -2.04. The number of nitro benzene ring substituents is 1. The molecule has 0 bridgehead atoms. The minimum atomic E-state index is -0.589. The summed E-state index contributed by atoms with van der Waals surface area (Å²) >= 11 is 1.87. The van der Waals surface area contributed by atoms with Crippen LogP contribution in [0.4, 0.5) is 5.69 Å². The average molecular weight is 334 g/mol. The van der Waals surface area contributed by atoms with E-state index in [0.717, 1.165) is 0 Å². The van der Waals surface area contributed by atoms with Crippen LogP contribution in [0.5, 0.6) is 5.75 Å². The van der Waals surface area contributed by atoms with Crippen molar-refractivity contribution < 1.29 is 14.4 Å². The van der Waals surface area contributed by atoms with E-state index in [1.54, 1.807) is 0 Å². The van der Waals surface area contributed by atoms with Crippen LogP contribution < -0.4 is 4.74 Å². The van der Waals surface area contributed by atoms with Crippen LogP contribution >= 0.6 is 22.6 Å². The van der Waals surface area contributed by atoms with Gasteiger partial charge in [-0.3, -0.25) is 10.1 Å². The van der Waals surface area contributed by atoms with Gasteiger partial charge in [-0.05, 0) is 28.7 Å². The Hall–Kier alpha value is -1.40. The second-order valence-corrected chi connectivity index (χ2v) is 3.89. The summed E-state index contributed by atoms with van der Waals surface area (Å²) in [4.78, 5) is 10.2. The predicted molar refractivity (Wildman–Crippen MR) is 63.0 cm³/mol. The van der Waals surface area contributed by atoms with Gasteiger partial charge in [-0.25, -0.2) is 0 Å². The number of halogens is 1. The van der Waals surface area contributed by atoms with Crippen LogP contribution in [0, 0.1) is 25.0 Å². The molecule has 0 atom stereocenters. The molecular formula is C9H7IN2O4. The van der Waals surface area contributed by atoms with E-state index < -0.39 is 4.92 Å². The average Bonchev–Trinajstić information content (AvgIpc) is 2.26. The van der Waals surface area contributed by atoms with Crippen LogP contribution in [0.1, 0.15) is 5.56 Å². The fraction of sp³-hybridized carbons (Fsp3) is 0.222. The summed E-state index contributed by atoms with van der Waals surface area (Å²) in [6.07, 6.45) is 0. The number of hydrogen-bond donors (Lipinski definition) is 0. The summed E-state index contributed by atoms with van der Waals surface area (Å²) in [5.74, 6) is 0.117. The first-order valence-corrected chi connectivity index (χ1v) is 5.17. The molecule has 0 unspecified atom stereocenters. The van der Waals surface area contributed by atoms with Crippen LogP contribution in [0.25, 0.3) is 0 Å². The van der Waals surface area contributed by atoms with Crippen molar-refractivity contribution in [3.63, 3.8) is 0 Å². The highest BCUT2D eigenvalue weighted by atomic mass is 127. The van der Waals surface area contributed by atoms with Crippen molar-refractivity contribution in [2.24, 2.45) is 0 Å². The number of nitrogens with zero attached hydrogens (tertiary/aromatic N) is 2. The van der Waals surface area contributed by atoms with E-state index >= 15 is 0 Å². The molecule has 0 amide bonds. The molecule has 1 rings (SSSR count). The van der Waals surface area contributed by atoms with Crippen molar-refractivity contribution in [1.29, 1.82) is 5.26 Å². The maximum atomic E-state index is 10.8. The molecule has 0 spiro atoms. The molecular weight excluding hydrogens is 327 g/mol. The van der Waals surface area contributed by atoms with Gasteiger partial charge in [0.25, 0.3) is 0 Å². The van der Waals surface area contributed by atoms with Gasteiger partial charge in [0.05, 0.1) is 20.1 Å². The Morgan fingerprint density at radius 3 is 2.81 bits per heavy atom. The molecule has 0 aliphatic rings. The highest BCUT2D eigenvalue weighted by Gasteiger charge is 2.20. The molecule has 0 saturated carbocycles. The second kappa shape index (κ2) is 5.62. The largest absolute Gasteiger partial charge is 0.459 e. The number of hydrogen-bond acceptors (Lipinski definition) is 5. The highest BCUT2D eigenvalue weighted by Crippen LogP contribution is 2.33. The first-order chi connectivity index (χ1) is 7.60. The minimum Gasteiger partial charge on any atom is -0.459 e. The van der Waals surface area contributed by atoms with E-state index in [4.69, 9.17) is 10.00 Å². The number of nitriles is 1. The summed E-state index contributed by atoms with van der Waals surface area (Å²) < 4.78 is 10.3. The zero-order valence-corrected chi connectivity index (χ0v) is 10.4. The summed E-state index contributed by atoms with van der Waals surface area (Å²) in [6, 6.07) is 4.54. The molecule has 84 valence electrons. The Balaban J connectivity index is 3.24. The summed E-state index contributed by atoms with van der Waals surface area (Å²) in [6.45, 7) is -0.0806. The van der Waals surface area contributed by atoms with E-state index in [0.29, 0.717) is 3.57 Å². The standard InChI is InChI=1S/C9H7IN2O4/c1-15-5-16-9-7(10)2-6(4-11)3-8(9)12(13)14/h2-3H,5H2,1H3. The molecule has 1 aromatic carbocycles. The van der Waals surface area contributed by atoms with Gasteiger partial charge in [0.1, 0.15) is 0 Å². The van der Waals surface area contributed by atoms with Crippen molar-refractivity contribution >= 4 is 28.3 Å². The molecule has 0 aliphatic carbocycles. The first-order valence-electron chi connectivity index (χ1n) is 4.10. The van der Waals surface area contributed by atoms with Crippen molar-refractivity contribution in [2.75, 3.05) is 13.9 Å². The van der Waals surface area contributed by atoms with Gasteiger partial charge < -0.3 is 9.47 Å². The van der Waals surface area contributed by atoms with Gasteiger partial charge in [-0.2, -0.15) is 5.26 Å². The Kier molecular flexibility index (Phi) is 4.45. The normalized spacial score (nSPS) is 9.56. The molecule has 0 aliphatic heterocycles. The SMILES string of the molecule is COCOc1c(I)cc(C#N)cc1[N+](=O)[O-]. The van der Waals surface area contributed by atoms with E-state index in [9.17, 15) is 10.1 Å². The molecule has 0 N–H and O–H groups in total. The van der Waals surface area contributed by atoms with Crippen LogP contribution in [-0.4, -0.2) is 18.8 Å². The summed E-state index contributed by atoms with van der Waals surface area (Å²) in [5, 5.41) is 19.5. The number of rotatable bonds is 4. The van der Waals surface area contributed by atoms with Gasteiger partial charge in [-0.15, -0.1) is 0 Å². The molecule has 1 aromatic rings. The number of nitro groups is 1. The molecule has 7 heteroatoms. The Morgan fingerprint density at radius 1 is 1.62 bits per heavy atom. The molecule has 0 heterocycles. The van der Waals surface area contributed by atoms with E-state index in [1.807, 2.05) is 28.7 Å². The van der Waals surface area contributed by atoms with Gasteiger partial charge in [0.2, 0.25) is 5.75 Å². The van der Waals surface area contributed by atoms with Gasteiger partial charge >= 0.3 is 5.69 Å². The van der Waals surface area contributed by atoms with E-state index in [1.165, 1.54) is 19.2 Å². The zero-order valence-electron chi connectivity index (χ0n) is 8.27. The third kappa shape index (κ3) is 2.80. The van der Waals surface area contributed by atoms with Gasteiger partial charge in [-0.1, -0.05) is 0 Å². The van der Waals surface area contributed by atoms with Crippen LogP contribution in [0.15, 0.2) is 12.1 Å². The van der Waals surface area contributed by atoms with Crippen molar-refractivity contribution in [3.8, 4) is 11.8 Å². The molecule has 0 radical (unpaired) electrons. The van der Waals surface area contributed by atoms with Crippen molar-refractivity contribution in [2.45, 2.75) is 0 Å². The second-order valence-electron chi connectivity index (χ2n) is 2.73. The molecule has 6 nitrogen and oxygen atoms in total. The Bertz CT molecular complexity index is 456. The summed E-state index contributed by atoms with van der Waals surface area (Å²) in [5.41, 5.74) is -0.0126. The maximum Gasteiger partial charge on any atom is 0.313 e. The lowest BCUT2D eigenvalue weighted by atomic mass is 10.2. The van der Waals surface area contributed by atoms with Crippen molar-refractivity contribution in [3.05, 3.63) is 31.4 Å². The molecule has 0 saturated heterocycles. The van der Waals surface area contributed by atoms with E-state index in [2.05, 4.69) is 4.74 Å². The molecule has 0 aromatic heterocycles. The monoisotopic (exact) mass is 334 g/mol. The van der Waals surface area contributed by atoms with Crippen LogP contribution in [0.3, 0.4) is 0 Å². The first kappa shape index (κ1) is 12.7. The lowest BCUT2D eigenvalue weighted by Gasteiger charge is -2.07. The smallest absolute Gasteiger partial charge is 0.313 e. The predicted octanol–water partition coefficient (Wildman–Crippen LogP) is 2.05. The number of benzene rings is 1. The number of ether oxygens (including phenoxy) is 2. The third-order valence-corrected chi connectivity index (χ3v) is 2.47. The minimum absolute atomic E-state index is 0.0806.